The lowest BCUT2D eigenvalue weighted by Gasteiger charge is -2.25. The molecule has 96 valence electrons. The highest BCUT2D eigenvalue weighted by atomic mass is 19.4. The normalized spacial score (nSPS) is 12.0. The predicted octanol–water partition coefficient (Wildman–Crippen LogP) is 3.01. The van der Waals surface area contributed by atoms with Crippen LogP contribution in [0.2, 0.25) is 0 Å². The molecule has 2 nitrogen and oxygen atoms in total. The smallest absolute Gasteiger partial charge is 0.372 e. The maximum Gasteiger partial charge on any atom is 0.416 e. The summed E-state index contributed by atoms with van der Waals surface area (Å²) in [5.74, 6) is 0. The first-order chi connectivity index (χ1) is 7.77. The molecule has 0 spiro atoms. The third-order valence-corrected chi connectivity index (χ3v) is 2.80. The first-order valence-electron chi connectivity index (χ1n) is 5.40. The number of halogens is 3. The van der Waals surface area contributed by atoms with E-state index in [0.717, 1.165) is 11.8 Å². The number of nitrogens with two attached hydrogens (primary N) is 1. The van der Waals surface area contributed by atoms with E-state index in [9.17, 15) is 13.2 Å². The second kappa shape index (κ2) is 4.96. The summed E-state index contributed by atoms with van der Waals surface area (Å²) in [6.45, 7) is 3.83. The lowest BCUT2D eigenvalue weighted by atomic mass is 10.1. The molecule has 0 aliphatic heterocycles. The van der Waals surface area contributed by atoms with Crippen molar-refractivity contribution in [1.82, 2.24) is 0 Å². The molecule has 0 saturated carbocycles. The second-order valence-corrected chi connectivity index (χ2v) is 4.25. The third kappa shape index (κ3) is 3.12. The molecule has 2 N–H and O–H groups in total. The van der Waals surface area contributed by atoms with Gasteiger partial charge in [0.05, 0.1) is 5.56 Å². The van der Waals surface area contributed by atoms with Gasteiger partial charge in [0.1, 0.15) is 0 Å². The van der Waals surface area contributed by atoms with E-state index >= 15 is 0 Å². The molecular formula is C12H17F3N2. The molecule has 17 heavy (non-hydrogen) atoms. The van der Waals surface area contributed by atoms with Gasteiger partial charge in [-0.15, -0.1) is 0 Å². The van der Waals surface area contributed by atoms with Crippen molar-refractivity contribution in [2.75, 3.05) is 11.9 Å². The molecule has 1 rings (SSSR count). The number of hydrogen-bond acceptors (Lipinski definition) is 2. The van der Waals surface area contributed by atoms with Crippen LogP contribution in [0.1, 0.15) is 25.0 Å². The van der Waals surface area contributed by atoms with Crippen LogP contribution in [-0.2, 0) is 12.7 Å². The lowest BCUT2D eigenvalue weighted by Crippen LogP contribution is -2.26. The SMILES string of the molecule is CC(C)N(C)c1ccc(C(F)(F)F)c(CN)c1. The van der Waals surface area contributed by atoms with Gasteiger partial charge >= 0.3 is 6.18 Å². The average molecular weight is 246 g/mol. The van der Waals surface area contributed by atoms with Gasteiger partial charge in [-0.2, -0.15) is 13.2 Å². The van der Waals surface area contributed by atoms with Gasteiger partial charge < -0.3 is 10.6 Å². The maximum absolute atomic E-state index is 12.7. The van der Waals surface area contributed by atoms with Crippen LogP contribution in [0.25, 0.3) is 0 Å². The molecule has 0 saturated heterocycles. The summed E-state index contributed by atoms with van der Waals surface area (Å²) in [6, 6.07) is 4.29. The molecule has 1 aromatic rings. The minimum atomic E-state index is -4.34. The topological polar surface area (TPSA) is 29.3 Å². The fourth-order valence-electron chi connectivity index (χ4n) is 1.54. The number of anilines is 1. The fourth-order valence-corrected chi connectivity index (χ4v) is 1.54. The van der Waals surface area contributed by atoms with Gasteiger partial charge in [0.2, 0.25) is 0 Å². The van der Waals surface area contributed by atoms with E-state index in [1.165, 1.54) is 12.1 Å². The summed E-state index contributed by atoms with van der Waals surface area (Å²) in [4.78, 5) is 1.90. The van der Waals surface area contributed by atoms with Crippen molar-refractivity contribution >= 4 is 5.69 Å². The number of benzene rings is 1. The Bertz CT molecular complexity index is 386. The van der Waals surface area contributed by atoms with Crippen LogP contribution in [0.3, 0.4) is 0 Å². The number of nitrogens with zero attached hydrogens (tertiary/aromatic N) is 1. The summed E-state index contributed by atoms with van der Waals surface area (Å²) < 4.78 is 38.0. The highest BCUT2D eigenvalue weighted by Crippen LogP contribution is 2.33. The Morgan fingerprint density at radius 1 is 1.29 bits per heavy atom. The second-order valence-electron chi connectivity index (χ2n) is 4.25. The summed E-state index contributed by atoms with van der Waals surface area (Å²) in [6.07, 6.45) is -4.34. The van der Waals surface area contributed by atoms with Gasteiger partial charge in [-0.1, -0.05) is 0 Å². The van der Waals surface area contributed by atoms with Gasteiger partial charge in [0, 0.05) is 25.3 Å². The quantitative estimate of drug-likeness (QED) is 0.888. The van der Waals surface area contributed by atoms with Crippen LogP contribution in [0.15, 0.2) is 18.2 Å². The molecule has 0 aliphatic carbocycles. The minimum Gasteiger partial charge on any atom is -0.372 e. The Balaban J connectivity index is 3.18. The van der Waals surface area contributed by atoms with Crippen LogP contribution in [0, 0.1) is 0 Å². The Morgan fingerprint density at radius 3 is 2.29 bits per heavy atom. The summed E-state index contributed by atoms with van der Waals surface area (Å²) in [7, 11) is 1.84. The van der Waals surface area contributed by atoms with E-state index in [1.54, 1.807) is 0 Å². The van der Waals surface area contributed by atoms with E-state index < -0.39 is 11.7 Å². The third-order valence-electron chi connectivity index (χ3n) is 2.80. The van der Waals surface area contributed by atoms with Crippen molar-refractivity contribution in [1.29, 1.82) is 0 Å². The van der Waals surface area contributed by atoms with Crippen LogP contribution in [0.4, 0.5) is 18.9 Å². The Labute approximate surface area is 99.2 Å². The van der Waals surface area contributed by atoms with E-state index in [1.807, 2.05) is 25.8 Å². The van der Waals surface area contributed by atoms with E-state index in [-0.39, 0.29) is 18.2 Å². The zero-order chi connectivity index (χ0) is 13.2. The van der Waals surface area contributed by atoms with E-state index in [4.69, 9.17) is 5.73 Å². The molecule has 0 aliphatic rings. The molecule has 5 heteroatoms. The first-order valence-corrected chi connectivity index (χ1v) is 5.40. The highest BCUT2D eigenvalue weighted by Gasteiger charge is 2.33. The zero-order valence-corrected chi connectivity index (χ0v) is 10.2. The summed E-state index contributed by atoms with van der Waals surface area (Å²) >= 11 is 0. The van der Waals surface area contributed by atoms with Crippen LogP contribution in [-0.4, -0.2) is 13.1 Å². The summed E-state index contributed by atoms with van der Waals surface area (Å²) in [5.41, 5.74) is 5.59. The molecule has 0 atom stereocenters. The monoisotopic (exact) mass is 246 g/mol. The molecule has 1 aromatic carbocycles. The van der Waals surface area contributed by atoms with Gasteiger partial charge in [0.25, 0.3) is 0 Å². The van der Waals surface area contributed by atoms with E-state index in [0.29, 0.717) is 0 Å². The Kier molecular flexibility index (Phi) is 4.03. The largest absolute Gasteiger partial charge is 0.416 e. The Morgan fingerprint density at radius 2 is 1.88 bits per heavy atom. The standard InChI is InChI=1S/C12H17F3N2/c1-8(2)17(3)10-4-5-11(12(13,14)15)9(6-10)7-16/h4-6,8H,7,16H2,1-3H3. The van der Waals surface area contributed by atoms with E-state index in [2.05, 4.69) is 0 Å². The molecule has 0 aromatic heterocycles. The zero-order valence-electron chi connectivity index (χ0n) is 10.2. The van der Waals surface area contributed by atoms with Crippen molar-refractivity contribution < 1.29 is 13.2 Å². The van der Waals surface area contributed by atoms with Gasteiger partial charge in [-0.3, -0.25) is 0 Å². The van der Waals surface area contributed by atoms with Gasteiger partial charge in [0.15, 0.2) is 0 Å². The van der Waals surface area contributed by atoms with Crippen molar-refractivity contribution in [3.8, 4) is 0 Å². The fraction of sp³-hybridized carbons (Fsp3) is 0.500. The van der Waals surface area contributed by atoms with Crippen molar-refractivity contribution in [2.45, 2.75) is 32.6 Å². The van der Waals surface area contributed by atoms with Crippen molar-refractivity contribution in [2.24, 2.45) is 5.73 Å². The molecule has 0 unspecified atom stereocenters. The van der Waals surface area contributed by atoms with Crippen molar-refractivity contribution in [3.63, 3.8) is 0 Å². The molecule has 0 fully saturated rings. The Hall–Kier alpha value is -1.23. The first kappa shape index (κ1) is 13.8. The minimum absolute atomic E-state index is 0.116. The molecule has 0 radical (unpaired) electrons. The number of hydrogen-bond donors (Lipinski definition) is 1. The predicted molar refractivity (Wildman–Crippen MR) is 62.9 cm³/mol. The molecule has 0 bridgehead atoms. The lowest BCUT2D eigenvalue weighted by molar-refractivity contribution is -0.138. The number of rotatable bonds is 3. The molecule has 0 amide bonds. The highest BCUT2D eigenvalue weighted by molar-refractivity contribution is 5.51. The van der Waals surface area contributed by atoms with Crippen molar-refractivity contribution in [3.05, 3.63) is 29.3 Å². The van der Waals surface area contributed by atoms with Gasteiger partial charge in [-0.05, 0) is 37.6 Å². The van der Waals surface area contributed by atoms with Crippen LogP contribution >= 0.6 is 0 Å². The van der Waals surface area contributed by atoms with Crippen LogP contribution < -0.4 is 10.6 Å². The average Bonchev–Trinajstić information content (AvgIpc) is 2.25. The molecular weight excluding hydrogens is 229 g/mol. The van der Waals surface area contributed by atoms with Gasteiger partial charge in [-0.25, -0.2) is 0 Å². The van der Waals surface area contributed by atoms with Crippen LogP contribution in [0.5, 0.6) is 0 Å². The maximum atomic E-state index is 12.7. The summed E-state index contributed by atoms with van der Waals surface area (Å²) in [5, 5.41) is 0. The number of alkyl halides is 3. The molecule has 0 heterocycles.